The Hall–Kier alpha value is -1.77. The van der Waals surface area contributed by atoms with E-state index in [0.29, 0.717) is 17.4 Å². The highest BCUT2D eigenvalue weighted by Gasteiger charge is 2.21. The van der Waals surface area contributed by atoms with Crippen LogP contribution in [0.1, 0.15) is 174 Å². The number of hydrogen-bond donors (Lipinski definition) is 0. The van der Waals surface area contributed by atoms with Crippen molar-refractivity contribution in [3.05, 3.63) is 36.5 Å². The molecule has 10 heteroatoms. The molecule has 2 atom stereocenters. The van der Waals surface area contributed by atoms with Crippen LogP contribution in [0.3, 0.4) is 0 Å². The zero-order chi connectivity index (χ0) is 39.3. The van der Waals surface area contributed by atoms with Crippen molar-refractivity contribution in [1.29, 1.82) is 0 Å². The van der Waals surface area contributed by atoms with Crippen molar-refractivity contribution >= 4 is 19.8 Å². The maximum atomic E-state index is 12.6. The van der Waals surface area contributed by atoms with Gasteiger partial charge in [-0.15, -0.1) is 0 Å². The summed E-state index contributed by atoms with van der Waals surface area (Å²) in [5.74, 6) is -0.855. The maximum absolute atomic E-state index is 12.6. The Morgan fingerprint density at radius 2 is 1.02 bits per heavy atom. The topological polar surface area (TPSA) is 111 Å². The summed E-state index contributed by atoms with van der Waals surface area (Å²) < 4.78 is 33.8. The summed E-state index contributed by atoms with van der Waals surface area (Å²) in [5.41, 5.74) is 0. The second-order valence-electron chi connectivity index (χ2n) is 15.3. The lowest BCUT2D eigenvalue weighted by molar-refractivity contribution is -0.870. The van der Waals surface area contributed by atoms with Gasteiger partial charge in [-0.3, -0.25) is 14.2 Å². The number of hydrogen-bond acceptors (Lipinski definition) is 8. The molecule has 0 heterocycles. The van der Waals surface area contributed by atoms with E-state index in [1.165, 1.54) is 70.6 Å². The summed E-state index contributed by atoms with van der Waals surface area (Å²) in [6.45, 7) is 4.15. The number of rotatable bonds is 38. The molecule has 0 amide bonds. The Labute approximate surface area is 325 Å². The van der Waals surface area contributed by atoms with Crippen LogP contribution in [-0.4, -0.2) is 70.0 Å². The highest BCUT2D eigenvalue weighted by molar-refractivity contribution is 7.45. The molecule has 1 unspecified atom stereocenters. The van der Waals surface area contributed by atoms with Crippen LogP contribution in [-0.2, 0) is 32.7 Å². The van der Waals surface area contributed by atoms with Gasteiger partial charge in [-0.2, -0.15) is 0 Å². The number of nitrogens with zero attached hydrogens (tertiary/aromatic N) is 1. The molecular formula is C43H80NO8P. The average molecular weight is 770 g/mol. The van der Waals surface area contributed by atoms with Gasteiger partial charge >= 0.3 is 11.9 Å². The van der Waals surface area contributed by atoms with Crippen LogP contribution in [0, 0.1) is 0 Å². The first-order valence-electron chi connectivity index (χ1n) is 21.2. The molecule has 0 aliphatic heterocycles. The lowest BCUT2D eigenvalue weighted by Crippen LogP contribution is -2.37. The highest BCUT2D eigenvalue weighted by atomic mass is 31.2. The van der Waals surface area contributed by atoms with Crippen LogP contribution in [0.5, 0.6) is 0 Å². The third-order valence-electron chi connectivity index (χ3n) is 8.88. The molecule has 0 rings (SSSR count). The number of phosphoric acid groups is 1. The van der Waals surface area contributed by atoms with Crippen molar-refractivity contribution in [2.75, 3.05) is 47.5 Å². The van der Waals surface area contributed by atoms with Gasteiger partial charge in [0.1, 0.15) is 19.8 Å². The second-order valence-corrected chi connectivity index (χ2v) is 16.8. The van der Waals surface area contributed by atoms with Crippen LogP contribution >= 0.6 is 7.82 Å². The molecule has 9 nitrogen and oxygen atoms in total. The number of carbonyl (C=O) groups is 2. The van der Waals surface area contributed by atoms with Crippen molar-refractivity contribution in [3.8, 4) is 0 Å². The monoisotopic (exact) mass is 770 g/mol. The molecule has 0 aliphatic rings. The maximum Gasteiger partial charge on any atom is 0.306 e. The predicted molar refractivity (Wildman–Crippen MR) is 217 cm³/mol. The van der Waals surface area contributed by atoms with Gasteiger partial charge in [0.25, 0.3) is 7.82 Å². The summed E-state index contributed by atoms with van der Waals surface area (Å²) in [7, 11) is 1.15. The molecular weight excluding hydrogens is 689 g/mol. The Morgan fingerprint density at radius 3 is 1.51 bits per heavy atom. The summed E-state index contributed by atoms with van der Waals surface area (Å²) in [5, 5.41) is 0. The van der Waals surface area contributed by atoms with Crippen LogP contribution < -0.4 is 4.89 Å². The van der Waals surface area contributed by atoms with E-state index in [2.05, 4.69) is 50.3 Å². The van der Waals surface area contributed by atoms with E-state index < -0.39 is 32.5 Å². The van der Waals surface area contributed by atoms with Gasteiger partial charge in [0.05, 0.1) is 27.7 Å². The minimum Gasteiger partial charge on any atom is -0.756 e. The van der Waals surface area contributed by atoms with E-state index in [4.69, 9.17) is 18.5 Å². The van der Waals surface area contributed by atoms with Crippen molar-refractivity contribution in [2.24, 2.45) is 0 Å². The second kappa shape index (κ2) is 35.9. The number of carbonyl (C=O) groups excluding carboxylic acids is 2. The van der Waals surface area contributed by atoms with Crippen LogP contribution in [0.2, 0.25) is 0 Å². The predicted octanol–water partition coefficient (Wildman–Crippen LogP) is 11.1. The third-order valence-corrected chi connectivity index (χ3v) is 9.85. The first-order valence-corrected chi connectivity index (χ1v) is 22.7. The Kier molecular flexibility index (Phi) is 34.7. The van der Waals surface area contributed by atoms with E-state index >= 15 is 0 Å². The van der Waals surface area contributed by atoms with E-state index in [-0.39, 0.29) is 26.1 Å². The number of esters is 2. The molecule has 0 spiro atoms. The zero-order valence-corrected chi connectivity index (χ0v) is 35.6. The number of likely N-dealkylation sites (N-methyl/N-ethyl adjacent to an activating group) is 1. The average Bonchev–Trinajstić information content (AvgIpc) is 3.10. The van der Waals surface area contributed by atoms with Crippen molar-refractivity contribution in [2.45, 2.75) is 180 Å². The van der Waals surface area contributed by atoms with Crippen LogP contribution in [0.15, 0.2) is 36.5 Å². The van der Waals surface area contributed by atoms with E-state index in [1.807, 2.05) is 21.1 Å². The van der Waals surface area contributed by atoms with Crippen molar-refractivity contribution < 1.29 is 42.1 Å². The fourth-order valence-corrected chi connectivity index (χ4v) is 6.23. The number of unbranched alkanes of at least 4 members (excludes halogenated alkanes) is 18. The minimum absolute atomic E-state index is 0.0341. The number of phosphoric ester groups is 1. The van der Waals surface area contributed by atoms with Gasteiger partial charge in [-0.05, 0) is 70.6 Å². The summed E-state index contributed by atoms with van der Waals surface area (Å²) >= 11 is 0. The molecule has 310 valence electrons. The zero-order valence-electron chi connectivity index (χ0n) is 34.7. The van der Waals surface area contributed by atoms with Crippen LogP contribution in [0.25, 0.3) is 0 Å². The molecule has 0 saturated heterocycles. The number of ether oxygens (including phenoxy) is 2. The number of quaternary nitrogens is 1. The molecule has 0 fully saturated rings. The normalized spacial score (nSPS) is 14.0. The summed E-state index contributed by atoms with van der Waals surface area (Å²) in [6.07, 6.45) is 38.8. The molecule has 0 aromatic rings. The molecule has 0 aromatic heterocycles. The first-order chi connectivity index (χ1) is 25.5. The summed E-state index contributed by atoms with van der Waals surface area (Å²) in [4.78, 5) is 37.4. The SMILES string of the molecule is CCCCC/C=C/C/C=C/CCCCCCCCCC(=O)O[C@H](COC(=O)CCCCCCC/C=C/CCCCC)COP(=O)([O-])OCC[N+](C)(C)C. The largest absolute Gasteiger partial charge is 0.756 e. The molecule has 0 aromatic carbocycles. The van der Waals surface area contributed by atoms with E-state index in [0.717, 1.165) is 70.6 Å². The third kappa shape index (κ3) is 39.7. The Bertz CT molecular complexity index is 1010. The molecule has 0 radical (unpaired) electrons. The Morgan fingerprint density at radius 1 is 0.585 bits per heavy atom. The highest BCUT2D eigenvalue weighted by Crippen LogP contribution is 2.38. The lowest BCUT2D eigenvalue weighted by Gasteiger charge is -2.28. The van der Waals surface area contributed by atoms with Gasteiger partial charge < -0.3 is 27.9 Å². The van der Waals surface area contributed by atoms with E-state index in [1.54, 1.807) is 0 Å². The fraction of sp³-hybridized carbons (Fsp3) is 0.814. The standard InChI is InChI=1S/C43H80NO8P/c1-6-8-10-12-14-16-18-20-21-22-23-24-26-28-30-32-34-36-43(46)52-41(40-51-53(47,48)50-38-37-44(3,4)5)39-49-42(45)35-33-31-29-27-25-19-17-15-13-11-9-7-2/h14-17,20-21,41H,6-13,18-19,22-40H2,1-5H3/b16-14+,17-15+,21-20+/t41-/m1/s1. The van der Waals surface area contributed by atoms with Crippen LogP contribution in [0.4, 0.5) is 0 Å². The summed E-state index contributed by atoms with van der Waals surface area (Å²) in [6, 6.07) is 0. The quantitative estimate of drug-likeness (QED) is 0.0201. The smallest absolute Gasteiger partial charge is 0.306 e. The molecule has 0 bridgehead atoms. The number of allylic oxidation sites excluding steroid dienone is 6. The van der Waals surface area contributed by atoms with Gasteiger partial charge in [0.2, 0.25) is 0 Å². The Balaban J connectivity index is 4.40. The molecule has 0 N–H and O–H groups in total. The lowest BCUT2D eigenvalue weighted by atomic mass is 10.1. The molecule has 0 saturated carbocycles. The molecule has 0 aliphatic carbocycles. The van der Waals surface area contributed by atoms with Crippen molar-refractivity contribution in [1.82, 2.24) is 0 Å². The fourth-order valence-electron chi connectivity index (χ4n) is 5.50. The van der Waals surface area contributed by atoms with Gasteiger partial charge in [-0.1, -0.05) is 127 Å². The minimum atomic E-state index is -4.62. The van der Waals surface area contributed by atoms with Gasteiger partial charge in [0, 0.05) is 12.8 Å². The molecule has 53 heavy (non-hydrogen) atoms. The van der Waals surface area contributed by atoms with Crippen molar-refractivity contribution in [3.63, 3.8) is 0 Å². The van der Waals surface area contributed by atoms with E-state index in [9.17, 15) is 19.0 Å². The first kappa shape index (κ1) is 51.2. The van der Waals surface area contributed by atoms with Gasteiger partial charge in [0.15, 0.2) is 6.10 Å². The van der Waals surface area contributed by atoms with Gasteiger partial charge in [-0.25, -0.2) is 0 Å².